The molecule has 4 aromatic rings. The molecule has 0 saturated heterocycles. The predicted octanol–water partition coefficient (Wildman–Crippen LogP) is 6.34. The third kappa shape index (κ3) is 3.88. The second-order valence-electron chi connectivity index (χ2n) is 7.00. The van der Waals surface area contributed by atoms with Crippen LogP contribution in [0, 0.1) is 20.8 Å². The molecule has 0 spiro atoms. The maximum atomic E-state index is 13.0. The van der Waals surface area contributed by atoms with Crippen LogP contribution in [0.5, 0.6) is 0 Å². The van der Waals surface area contributed by atoms with Gasteiger partial charge in [-0.2, -0.15) is 0 Å². The molecule has 0 bridgehead atoms. The monoisotopic (exact) mass is 442 g/mol. The Balaban J connectivity index is 1.88. The first-order chi connectivity index (χ1) is 13.7. The summed E-state index contributed by atoms with van der Waals surface area (Å²) in [6.07, 6.45) is 0. The van der Waals surface area contributed by atoms with E-state index in [1.165, 1.54) is 34.6 Å². The fraction of sp³-hybridized carbons (Fsp3) is 0.136. The van der Waals surface area contributed by atoms with Crippen LogP contribution in [-0.2, 0) is 10.0 Å². The lowest BCUT2D eigenvalue weighted by Gasteiger charge is -2.12. The number of thiophene rings is 1. The lowest BCUT2D eigenvalue weighted by Crippen LogP contribution is -2.13. The SMILES string of the molecule is Cc1cc(NS(=O)(=O)c2cccc(Cl)c2)c2c(-c3ccc(C)c(C)c3)csc2n1. The molecule has 0 radical (unpaired) electrons. The van der Waals surface area contributed by atoms with E-state index >= 15 is 0 Å². The van der Waals surface area contributed by atoms with Crippen LogP contribution >= 0.6 is 22.9 Å². The van der Waals surface area contributed by atoms with Gasteiger partial charge in [0, 0.05) is 27.0 Å². The molecular weight excluding hydrogens is 424 g/mol. The first-order valence-electron chi connectivity index (χ1n) is 8.99. The van der Waals surface area contributed by atoms with E-state index in [9.17, 15) is 8.42 Å². The van der Waals surface area contributed by atoms with Crippen LogP contribution in [0.15, 0.2) is 58.8 Å². The number of anilines is 1. The normalized spacial score (nSPS) is 11.7. The van der Waals surface area contributed by atoms with Crippen LogP contribution in [0.25, 0.3) is 21.3 Å². The molecule has 0 aliphatic heterocycles. The molecule has 0 saturated carbocycles. The van der Waals surface area contributed by atoms with Crippen LogP contribution < -0.4 is 4.72 Å². The number of nitrogens with zero attached hydrogens (tertiary/aromatic N) is 1. The summed E-state index contributed by atoms with van der Waals surface area (Å²) >= 11 is 7.49. The molecule has 2 aromatic heterocycles. The highest BCUT2D eigenvalue weighted by Crippen LogP contribution is 2.39. The third-order valence-electron chi connectivity index (χ3n) is 4.84. The van der Waals surface area contributed by atoms with Gasteiger partial charge in [-0.15, -0.1) is 11.3 Å². The summed E-state index contributed by atoms with van der Waals surface area (Å²) in [4.78, 5) is 5.52. The number of pyridine rings is 1. The Morgan fingerprint density at radius 2 is 1.79 bits per heavy atom. The molecule has 7 heteroatoms. The average molecular weight is 443 g/mol. The fourth-order valence-corrected chi connectivity index (χ4v) is 5.58. The number of rotatable bonds is 4. The molecule has 2 aromatic carbocycles. The highest BCUT2D eigenvalue weighted by Gasteiger charge is 2.20. The summed E-state index contributed by atoms with van der Waals surface area (Å²) in [6.45, 7) is 5.99. The van der Waals surface area contributed by atoms with Gasteiger partial charge < -0.3 is 0 Å². The number of fused-ring (bicyclic) bond motifs is 1. The van der Waals surface area contributed by atoms with Crippen molar-refractivity contribution in [3.8, 4) is 11.1 Å². The van der Waals surface area contributed by atoms with Crippen molar-refractivity contribution in [3.63, 3.8) is 0 Å². The van der Waals surface area contributed by atoms with Gasteiger partial charge in [-0.05, 0) is 61.7 Å². The zero-order valence-electron chi connectivity index (χ0n) is 16.2. The van der Waals surface area contributed by atoms with Crippen molar-refractivity contribution in [1.82, 2.24) is 4.98 Å². The van der Waals surface area contributed by atoms with E-state index in [0.29, 0.717) is 10.7 Å². The van der Waals surface area contributed by atoms with Gasteiger partial charge in [-0.25, -0.2) is 13.4 Å². The van der Waals surface area contributed by atoms with Crippen molar-refractivity contribution in [1.29, 1.82) is 0 Å². The predicted molar refractivity (Wildman–Crippen MR) is 122 cm³/mol. The Morgan fingerprint density at radius 3 is 2.52 bits per heavy atom. The molecule has 0 aliphatic carbocycles. The Morgan fingerprint density at radius 1 is 1.00 bits per heavy atom. The zero-order valence-corrected chi connectivity index (χ0v) is 18.5. The summed E-state index contributed by atoms with van der Waals surface area (Å²) in [5, 5.41) is 3.20. The maximum absolute atomic E-state index is 13.0. The van der Waals surface area contributed by atoms with Gasteiger partial charge in [0.05, 0.1) is 10.6 Å². The molecule has 0 aliphatic rings. The van der Waals surface area contributed by atoms with Crippen molar-refractivity contribution < 1.29 is 8.42 Å². The molecule has 29 heavy (non-hydrogen) atoms. The molecule has 148 valence electrons. The van der Waals surface area contributed by atoms with Crippen LogP contribution in [0.4, 0.5) is 5.69 Å². The van der Waals surface area contributed by atoms with Crippen molar-refractivity contribution in [2.75, 3.05) is 4.72 Å². The number of sulfonamides is 1. The van der Waals surface area contributed by atoms with Crippen LogP contribution in [0.2, 0.25) is 5.02 Å². The van der Waals surface area contributed by atoms with E-state index < -0.39 is 10.0 Å². The number of aryl methyl sites for hydroxylation is 3. The van der Waals surface area contributed by atoms with Gasteiger partial charge in [0.25, 0.3) is 10.0 Å². The Kier molecular flexibility index (Phi) is 5.11. The van der Waals surface area contributed by atoms with E-state index in [1.54, 1.807) is 18.2 Å². The first-order valence-corrected chi connectivity index (χ1v) is 11.7. The Hall–Kier alpha value is -2.41. The summed E-state index contributed by atoms with van der Waals surface area (Å²) in [5.41, 5.74) is 5.65. The lowest BCUT2D eigenvalue weighted by molar-refractivity contribution is 0.601. The third-order valence-corrected chi connectivity index (χ3v) is 7.31. The van der Waals surface area contributed by atoms with Crippen LogP contribution in [0.3, 0.4) is 0 Å². The maximum Gasteiger partial charge on any atom is 0.261 e. The highest BCUT2D eigenvalue weighted by atomic mass is 35.5. The Labute approximate surface area is 179 Å². The van der Waals surface area contributed by atoms with Gasteiger partial charge >= 0.3 is 0 Å². The fourth-order valence-electron chi connectivity index (χ4n) is 3.20. The first kappa shape index (κ1) is 19.9. The summed E-state index contributed by atoms with van der Waals surface area (Å²) in [5.74, 6) is 0. The van der Waals surface area contributed by atoms with Gasteiger partial charge in [0.1, 0.15) is 4.83 Å². The van der Waals surface area contributed by atoms with Crippen LogP contribution in [0.1, 0.15) is 16.8 Å². The minimum absolute atomic E-state index is 0.121. The number of nitrogens with one attached hydrogen (secondary N) is 1. The topological polar surface area (TPSA) is 59.1 Å². The molecule has 0 amide bonds. The molecule has 4 nitrogen and oxygen atoms in total. The molecular formula is C22H19ClN2O2S2. The molecule has 1 N–H and O–H groups in total. The quantitative estimate of drug-likeness (QED) is 0.401. The average Bonchev–Trinajstić information content (AvgIpc) is 3.07. The van der Waals surface area contributed by atoms with E-state index in [-0.39, 0.29) is 4.90 Å². The molecule has 0 atom stereocenters. The van der Waals surface area contributed by atoms with Crippen molar-refractivity contribution >= 4 is 48.9 Å². The minimum Gasteiger partial charge on any atom is -0.279 e. The zero-order chi connectivity index (χ0) is 20.8. The van der Waals surface area contributed by atoms with Crippen molar-refractivity contribution in [3.05, 3.63) is 75.8 Å². The molecule has 2 heterocycles. The summed E-state index contributed by atoms with van der Waals surface area (Å²) in [6, 6.07) is 14.2. The number of halogens is 1. The van der Waals surface area contributed by atoms with Crippen LogP contribution in [-0.4, -0.2) is 13.4 Å². The summed E-state index contributed by atoms with van der Waals surface area (Å²) in [7, 11) is -3.79. The number of hydrogen-bond donors (Lipinski definition) is 1. The Bertz CT molecular complexity index is 1340. The van der Waals surface area contributed by atoms with E-state index in [0.717, 1.165) is 27.0 Å². The standard InChI is InChI=1S/C22H19ClN2O2S2/c1-13-7-8-16(9-14(13)2)19-12-28-22-21(19)20(10-15(3)24-22)25-29(26,27)18-6-4-5-17(23)11-18/h4-12H,1-3H3,(H,24,25). The molecule has 0 fully saturated rings. The largest absolute Gasteiger partial charge is 0.279 e. The van der Waals surface area contributed by atoms with E-state index in [4.69, 9.17) is 11.6 Å². The smallest absolute Gasteiger partial charge is 0.261 e. The number of aromatic nitrogens is 1. The molecule has 0 unspecified atom stereocenters. The second-order valence-corrected chi connectivity index (χ2v) is 9.98. The second kappa shape index (κ2) is 7.44. The number of benzene rings is 2. The van der Waals surface area contributed by atoms with Gasteiger partial charge in [0.15, 0.2) is 0 Å². The van der Waals surface area contributed by atoms with Gasteiger partial charge in [-0.1, -0.05) is 35.9 Å². The minimum atomic E-state index is -3.79. The molecule has 4 rings (SSSR count). The number of hydrogen-bond acceptors (Lipinski definition) is 4. The highest BCUT2D eigenvalue weighted by molar-refractivity contribution is 7.92. The van der Waals surface area contributed by atoms with E-state index in [2.05, 4.69) is 41.8 Å². The van der Waals surface area contributed by atoms with Crippen molar-refractivity contribution in [2.45, 2.75) is 25.7 Å². The van der Waals surface area contributed by atoms with E-state index in [1.807, 2.05) is 12.3 Å². The van der Waals surface area contributed by atoms with Gasteiger partial charge in [0.2, 0.25) is 0 Å². The summed E-state index contributed by atoms with van der Waals surface area (Å²) < 4.78 is 28.7. The lowest BCUT2D eigenvalue weighted by atomic mass is 10.00. The van der Waals surface area contributed by atoms with Gasteiger partial charge in [-0.3, -0.25) is 4.72 Å². The van der Waals surface area contributed by atoms with Crippen molar-refractivity contribution in [2.24, 2.45) is 0 Å².